The molecular weight excluding hydrogens is 741 g/mol. The van der Waals surface area contributed by atoms with E-state index in [2.05, 4.69) is 194 Å². The largest absolute Gasteiger partial charge is 0.373 e. The normalized spacial score (nSPS) is 11.0. The van der Waals surface area contributed by atoms with Crippen LogP contribution in [-0.4, -0.2) is 26.4 Å². The zero-order chi connectivity index (χ0) is 41.8. The number of hydrogen-bond donors (Lipinski definition) is 0. The molecule has 0 aliphatic heterocycles. The van der Waals surface area contributed by atoms with Crippen molar-refractivity contribution in [3.63, 3.8) is 0 Å². The van der Waals surface area contributed by atoms with E-state index in [9.17, 15) is 0 Å². The molecule has 0 heterocycles. The fourth-order valence-electron chi connectivity index (χ4n) is 6.56. The van der Waals surface area contributed by atoms with Crippen LogP contribution in [0.1, 0.15) is 33.4 Å². The topological polar surface area (TPSA) is 43.4 Å². The van der Waals surface area contributed by atoms with Crippen LogP contribution >= 0.6 is 0 Å². The second kappa shape index (κ2) is 23.2. The standard InChI is InChI=1S/C54H54N2O4/c1-5-35-57-39-45-15-27-51(28-16-45)55(52-29-17-46(18-30-52)40-58-36-6-2)49-23-11-43(12-24-49)9-10-44-13-25-50(26-14-44)56(53-31-19-47(20-32-53)41-59-37-7-3)54-33-21-48(22-34-54)42-60-38-8-4/h5-34H,1-4,35-42H2. The van der Waals surface area contributed by atoms with Gasteiger partial charge in [0.25, 0.3) is 0 Å². The van der Waals surface area contributed by atoms with Crippen molar-refractivity contribution in [1.82, 2.24) is 0 Å². The fraction of sp³-hybridized carbons (Fsp3) is 0.148. The highest BCUT2D eigenvalue weighted by molar-refractivity contribution is 5.80. The SMILES string of the molecule is C=CCOCc1ccc(N(c2ccc(C=Cc3ccc(N(c4ccc(COCC=C)cc4)c4ccc(COCC=C)cc4)cc3)cc2)c2ccc(COCC=C)cc2)cc1. The molecule has 6 nitrogen and oxygen atoms in total. The van der Waals surface area contributed by atoms with Crippen LogP contribution in [-0.2, 0) is 45.4 Å². The molecule has 0 aliphatic rings. The van der Waals surface area contributed by atoms with E-state index in [1.165, 1.54) is 0 Å². The van der Waals surface area contributed by atoms with Crippen LogP contribution in [0.3, 0.4) is 0 Å². The monoisotopic (exact) mass is 794 g/mol. The summed E-state index contributed by atoms with van der Waals surface area (Å²) in [5.41, 5.74) is 12.9. The summed E-state index contributed by atoms with van der Waals surface area (Å²) in [6.45, 7) is 19.2. The maximum atomic E-state index is 5.68. The Kier molecular flexibility index (Phi) is 16.6. The molecule has 0 saturated heterocycles. The molecule has 6 aromatic carbocycles. The van der Waals surface area contributed by atoms with Gasteiger partial charge in [-0.25, -0.2) is 0 Å². The molecule has 0 N–H and O–H groups in total. The van der Waals surface area contributed by atoms with Crippen molar-refractivity contribution in [3.8, 4) is 0 Å². The minimum atomic E-state index is 0.521. The van der Waals surface area contributed by atoms with E-state index in [0.29, 0.717) is 52.9 Å². The summed E-state index contributed by atoms with van der Waals surface area (Å²) in [5.74, 6) is 0. The van der Waals surface area contributed by atoms with Crippen LogP contribution < -0.4 is 9.80 Å². The molecule has 0 radical (unpaired) electrons. The van der Waals surface area contributed by atoms with Crippen LogP contribution in [0.25, 0.3) is 12.2 Å². The summed E-state index contributed by atoms with van der Waals surface area (Å²) in [6, 6.07) is 51.3. The van der Waals surface area contributed by atoms with Crippen molar-refractivity contribution in [3.05, 3.63) is 230 Å². The molecular formula is C54H54N2O4. The van der Waals surface area contributed by atoms with Gasteiger partial charge in [0.1, 0.15) is 0 Å². The summed E-state index contributed by atoms with van der Waals surface area (Å²) >= 11 is 0. The first kappa shape index (κ1) is 43.0. The lowest BCUT2D eigenvalue weighted by molar-refractivity contribution is 0.149. The molecule has 304 valence electrons. The third kappa shape index (κ3) is 12.5. The number of anilines is 6. The molecule has 0 saturated carbocycles. The molecule has 0 spiro atoms. The average Bonchev–Trinajstić information content (AvgIpc) is 3.29. The van der Waals surface area contributed by atoms with Crippen molar-refractivity contribution >= 4 is 46.3 Å². The highest BCUT2D eigenvalue weighted by atomic mass is 16.5. The predicted molar refractivity (Wildman–Crippen MR) is 251 cm³/mol. The van der Waals surface area contributed by atoms with Crippen LogP contribution in [0.5, 0.6) is 0 Å². The Morgan fingerprint density at radius 2 is 0.500 bits per heavy atom. The number of ether oxygens (including phenoxy) is 4. The first-order valence-electron chi connectivity index (χ1n) is 20.2. The van der Waals surface area contributed by atoms with Crippen LogP contribution in [0.2, 0.25) is 0 Å². The minimum absolute atomic E-state index is 0.521. The second-order valence-corrected chi connectivity index (χ2v) is 14.1. The summed E-state index contributed by atoms with van der Waals surface area (Å²) in [5, 5.41) is 0. The highest BCUT2D eigenvalue weighted by Crippen LogP contribution is 2.37. The molecule has 0 fully saturated rings. The van der Waals surface area contributed by atoms with E-state index in [0.717, 1.165) is 67.5 Å². The van der Waals surface area contributed by atoms with E-state index >= 15 is 0 Å². The molecule has 0 amide bonds. The Balaban J connectivity index is 1.20. The number of rotatable bonds is 24. The zero-order valence-electron chi connectivity index (χ0n) is 34.3. The molecule has 0 aromatic heterocycles. The van der Waals surface area contributed by atoms with Crippen molar-refractivity contribution in [2.45, 2.75) is 26.4 Å². The molecule has 0 unspecified atom stereocenters. The predicted octanol–water partition coefficient (Wildman–Crippen LogP) is 13.6. The molecule has 6 heteroatoms. The van der Waals surface area contributed by atoms with Crippen LogP contribution in [0.15, 0.2) is 196 Å². The van der Waals surface area contributed by atoms with Crippen molar-refractivity contribution in [2.24, 2.45) is 0 Å². The third-order valence-corrected chi connectivity index (χ3v) is 9.57. The Bertz CT molecular complexity index is 1980. The third-order valence-electron chi connectivity index (χ3n) is 9.57. The van der Waals surface area contributed by atoms with Gasteiger partial charge in [-0.3, -0.25) is 0 Å². The average molecular weight is 795 g/mol. The minimum Gasteiger partial charge on any atom is -0.373 e. The van der Waals surface area contributed by atoms with Gasteiger partial charge >= 0.3 is 0 Å². The van der Waals surface area contributed by atoms with E-state index in [1.54, 1.807) is 24.3 Å². The number of benzene rings is 6. The number of nitrogens with zero attached hydrogens (tertiary/aromatic N) is 2. The van der Waals surface area contributed by atoms with Gasteiger partial charge in [-0.15, -0.1) is 26.3 Å². The maximum Gasteiger partial charge on any atom is 0.0721 e. The first-order chi connectivity index (χ1) is 29.6. The maximum absolute atomic E-state index is 5.68. The molecule has 0 bridgehead atoms. The lowest BCUT2D eigenvalue weighted by atomic mass is 10.1. The number of hydrogen-bond acceptors (Lipinski definition) is 6. The lowest BCUT2D eigenvalue weighted by Crippen LogP contribution is -2.10. The Labute approximate surface area is 356 Å². The molecule has 0 atom stereocenters. The van der Waals surface area contributed by atoms with Crippen LogP contribution in [0, 0.1) is 0 Å². The summed E-state index contributed by atoms with van der Waals surface area (Å²) in [7, 11) is 0. The van der Waals surface area contributed by atoms with Gasteiger partial charge in [-0.1, -0.05) is 109 Å². The van der Waals surface area contributed by atoms with Gasteiger partial charge < -0.3 is 28.7 Å². The molecule has 0 aliphatic carbocycles. The first-order valence-corrected chi connectivity index (χ1v) is 20.2. The van der Waals surface area contributed by atoms with Crippen molar-refractivity contribution in [1.29, 1.82) is 0 Å². The van der Waals surface area contributed by atoms with Gasteiger partial charge in [0, 0.05) is 34.1 Å². The van der Waals surface area contributed by atoms with Crippen LogP contribution in [0.4, 0.5) is 34.1 Å². The smallest absolute Gasteiger partial charge is 0.0721 e. The van der Waals surface area contributed by atoms with Crippen molar-refractivity contribution in [2.75, 3.05) is 36.2 Å². The van der Waals surface area contributed by atoms with Gasteiger partial charge in [-0.2, -0.15) is 0 Å². The van der Waals surface area contributed by atoms with Gasteiger partial charge in [0.05, 0.1) is 52.9 Å². The Hall–Kier alpha value is -6.54. The fourth-order valence-corrected chi connectivity index (χ4v) is 6.56. The van der Waals surface area contributed by atoms with E-state index in [-0.39, 0.29) is 0 Å². The van der Waals surface area contributed by atoms with Crippen molar-refractivity contribution < 1.29 is 18.9 Å². The zero-order valence-corrected chi connectivity index (χ0v) is 34.3. The Morgan fingerprint density at radius 1 is 0.300 bits per heavy atom. The summed E-state index contributed by atoms with van der Waals surface area (Å²) in [6.07, 6.45) is 11.4. The summed E-state index contributed by atoms with van der Waals surface area (Å²) in [4.78, 5) is 4.52. The van der Waals surface area contributed by atoms with E-state index in [1.807, 2.05) is 0 Å². The van der Waals surface area contributed by atoms with Gasteiger partial charge in [-0.05, 0) is 106 Å². The lowest BCUT2D eigenvalue weighted by Gasteiger charge is -2.26. The van der Waals surface area contributed by atoms with Gasteiger partial charge in [0.2, 0.25) is 0 Å². The van der Waals surface area contributed by atoms with Gasteiger partial charge in [0.15, 0.2) is 0 Å². The molecule has 6 aromatic rings. The molecule has 60 heavy (non-hydrogen) atoms. The Morgan fingerprint density at radius 3 is 0.700 bits per heavy atom. The summed E-state index contributed by atoms with van der Waals surface area (Å²) < 4.78 is 22.7. The van der Waals surface area contributed by atoms with E-state index in [4.69, 9.17) is 18.9 Å². The second-order valence-electron chi connectivity index (χ2n) is 14.1. The molecule has 6 rings (SSSR count). The van der Waals surface area contributed by atoms with E-state index < -0.39 is 0 Å². The quantitative estimate of drug-likeness (QED) is 0.0345. The highest BCUT2D eigenvalue weighted by Gasteiger charge is 2.15.